The Bertz CT molecular complexity index is 465. The van der Waals surface area contributed by atoms with Gasteiger partial charge in [-0.15, -0.1) is 0 Å². The summed E-state index contributed by atoms with van der Waals surface area (Å²) in [5.74, 6) is -0.649. The summed E-state index contributed by atoms with van der Waals surface area (Å²) in [7, 11) is 2.03. The maximum atomic E-state index is 13.7. The van der Waals surface area contributed by atoms with E-state index in [1.54, 1.807) is 12.1 Å². The zero-order valence-corrected chi connectivity index (χ0v) is 13.4. The summed E-state index contributed by atoms with van der Waals surface area (Å²) in [6.45, 7) is 8.04. The molecule has 0 bridgehead atoms. The van der Waals surface area contributed by atoms with Crippen molar-refractivity contribution < 1.29 is 9.18 Å². The van der Waals surface area contributed by atoms with E-state index in [1.807, 2.05) is 14.0 Å². The lowest BCUT2D eigenvalue weighted by Gasteiger charge is -2.23. The Hall–Kier alpha value is -1.62. The summed E-state index contributed by atoms with van der Waals surface area (Å²) in [4.78, 5) is 14.4. The van der Waals surface area contributed by atoms with Crippen LogP contribution in [0.5, 0.6) is 0 Å². The third kappa shape index (κ3) is 5.01. The Kier molecular flexibility index (Phi) is 7.15. The minimum atomic E-state index is -0.402. The van der Waals surface area contributed by atoms with Crippen LogP contribution in [-0.4, -0.2) is 43.5 Å². The highest BCUT2D eigenvalue weighted by atomic mass is 19.1. The quantitative estimate of drug-likeness (QED) is 0.775. The second kappa shape index (κ2) is 8.62. The van der Waals surface area contributed by atoms with Crippen LogP contribution in [0.4, 0.5) is 10.1 Å². The summed E-state index contributed by atoms with van der Waals surface area (Å²) in [6.07, 6.45) is 1.07. The fourth-order valence-electron chi connectivity index (χ4n) is 2.04. The highest BCUT2D eigenvalue weighted by Gasteiger charge is 2.14. The van der Waals surface area contributed by atoms with Gasteiger partial charge in [0.15, 0.2) is 0 Å². The van der Waals surface area contributed by atoms with Crippen LogP contribution in [0.25, 0.3) is 0 Å². The number of likely N-dealkylation sites (N-methyl/N-ethyl adjacent to an activating group) is 1. The normalized spacial score (nSPS) is 12.3. The molecule has 118 valence electrons. The van der Waals surface area contributed by atoms with Crippen molar-refractivity contribution in [1.82, 2.24) is 10.2 Å². The lowest BCUT2D eigenvalue weighted by Crippen LogP contribution is -2.37. The van der Waals surface area contributed by atoms with Crippen LogP contribution in [0, 0.1) is 5.82 Å². The van der Waals surface area contributed by atoms with Crippen molar-refractivity contribution >= 4 is 11.6 Å². The smallest absolute Gasteiger partial charge is 0.253 e. The Balaban J connectivity index is 2.62. The van der Waals surface area contributed by atoms with E-state index < -0.39 is 5.82 Å². The number of para-hydroxylation sites is 1. The summed E-state index contributed by atoms with van der Waals surface area (Å²) in [5.41, 5.74) is 0.621. The van der Waals surface area contributed by atoms with Gasteiger partial charge in [-0.3, -0.25) is 4.79 Å². The molecule has 4 nitrogen and oxygen atoms in total. The number of carbonyl (C=O) groups is 1. The molecule has 0 heterocycles. The van der Waals surface area contributed by atoms with Gasteiger partial charge in [-0.05, 0) is 39.4 Å². The monoisotopic (exact) mass is 295 g/mol. The number of benzene rings is 1. The lowest BCUT2D eigenvalue weighted by atomic mass is 10.1. The highest BCUT2D eigenvalue weighted by Crippen LogP contribution is 2.19. The van der Waals surface area contributed by atoms with Crippen molar-refractivity contribution in [3.63, 3.8) is 0 Å². The molecule has 0 aromatic heterocycles. The van der Waals surface area contributed by atoms with Crippen molar-refractivity contribution in [2.45, 2.75) is 33.2 Å². The number of anilines is 1. The standard InChI is InChI=1S/C16H26FN3O/c1-5-12(3)20(4)11-10-19-16(21)13-8-7-9-14(17)15(13)18-6-2/h7-9,12,18H,5-6,10-11H2,1-4H3,(H,19,21). The number of nitrogens with one attached hydrogen (secondary N) is 2. The molecule has 1 unspecified atom stereocenters. The number of nitrogens with zero attached hydrogens (tertiary/aromatic N) is 1. The first-order valence-electron chi connectivity index (χ1n) is 7.52. The number of halogens is 1. The number of amides is 1. The topological polar surface area (TPSA) is 44.4 Å². The van der Waals surface area contributed by atoms with Gasteiger partial charge < -0.3 is 15.5 Å². The average Bonchev–Trinajstić information content (AvgIpc) is 2.48. The van der Waals surface area contributed by atoms with Crippen molar-refractivity contribution in [2.75, 3.05) is 32.0 Å². The van der Waals surface area contributed by atoms with E-state index in [0.29, 0.717) is 24.7 Å². The predicted molar refractivity (Wildman–Crippen MR) is 85.3 cm³/mol. The van der Waals surface area contributed by atoms with Crippen molar-refractivity contribution in [2.24, 2.45) is 0 Å². The van der Waals surface area contributed by atoms with Crippen molar-refractivity contribution in [3.8, 4) is 0 Å². The van der Waals surface area contributed by atoms with Crippen LogP contribution in [0.2, 0.25) is 0 Å². The molecule has 0 saturated carbocycles. The average molecular weight is 295 g/mol. The van der Waals surface area contributed by atoms with Gasteiger partial charge in [0.1, 0.15) is 5.82 Å². The number of hydrogen-bond donors (Lipinski definition) is 2. The molecule has 1 atom stereocenters. The van der Waals surface area contributed by atoms with Gasteiger partial charge in [0.05, 0.1) is 11.3 Å². The van der Waals surface area contributed by atoms with Gasteiger partial charge in [0.25, 0.3) is 5.91 Å². The predicted octanol–water partition coefficient (Wildman–Crippen LogP) is 2.72. The Morgan fingerprint density at radius 1 is 1.38 bits per heavy atom. The Morgan fingerprint density at radius 2 is 2.10 bits per heavy atom. The molecule has 5 heteroatoms. The van der Waals surface area contributed by atoms with E-state index in [4.69, 9.17) is 0 Å². The maximum absolute atomic E-state index is 13.7. The summed E-state index contributed by atoms with van der Waals surface area (Å²) in [6, 6.07) is 5.02. The molecule has 0 aliphatic heterocycles. The van der Waals surface area contributed by atoms with Gasteiger partial charge >= 0.3 is 0 Å². The van der Waals surface area contributed by atoms with Crippen LogP contribution in [0.1, 0.15) is 37.6 Å². The van der Waals surface area contributed by atoms with E-state index in [9.17, 15) is 9.18 Å². The molecule has 1 rings (SSSR count). The molecule has 0 radical (unpaired) electrons. The molecule has 1 amide bonds. The molecular formula is C16H26FN3O. The minimum absolute atomic E-state index is 0.247. The Labute approximate surface area is 126 Å². The van der Waals surface area contributed by atoms with Crippen LogP contribution >= 0.6 is 0 Å². The summed E-state index contributed by atoms with van der Waals surface area (Å²) >= 11 is 0. The van der Waals surface area contributed by atoms with Crippen LogP contribution in [0.15, 0.2) is 18.2 Å². The second-order valence-corrected chi connectivity index (χ2v) is 5.19. The number of hydrogen-bond acceptors (Lipinski definition) is 3. The Morgan fingerprint density at radius 3 is 2.71 bits per heavy atom. The van der Waals surface area contributed by atoms with E-state index in [2.05, 4.69) is 29.4 Å². The molecule has 21 heavy (non-hydrogen) atoms. The number of carbonyl (C=O) groups excluding carboxylic acids is 1. The zero-order chi connectivity index (χ0) is 15.8. The molecule has 1 aromatic rings. The first kappa shape index (κ1) is 17.4. The van der Waals surface area contributed by atoms with E-state index in [1.165, 1.54) is 6.07 Å². The van der Waals surface area contributed by atoms with Gasteiger partial charge in [-0.1, -0.05) is 13.0 Å². The molecule has 0 fully saturated rings. The highest BCUT2D eigenvalue weighted by molar-refractivity contribution is 5.99. The van der Waals surface area contributed by atoms with Crippen LogP contribution in [0.3, 0.4) is 0 Å². The first-order valence-corrected chi connectivity index (χ1v) is 7.52. The molecule has 0 spiro atoms. The van der Waals surface area contributed by atoms with Crippen LogP contribution in [-0.2, 0) is 0 Å². The minimum Gasteiger partial charge on any atom is -0.382 e. The fraction of sp³-hybridized carbons (Fsp3) is 0.562. The molecule has 2 N–H and O–H groups in total. The van der Waals surface area contributed by atoms with Crippen molar-refractivity contribution in [1.29, 1.82) is 0 Å². The fourth-order valence-corrected chi connectivity index (χ4v) is 2.04. The molecular weight excluding hydrogens is 269 g/mol. The largest absolute Gasteiger partial charge is 0.382 e. The van der Waals surface area contributed by atoms with E-state index in [0.717, 1.165) is 13.0 Å². The van der Waals surface area contributed by atoms with Gasteiger partial charge in [0, 0.05) is 25.7 Å². The number of rotatable bonds is 8. The molecule has 0 aliphatic carbocycles. The van der Waals surface area contributed by atoms with Gasteiger partial charge in [0.2, 0.25) is 0 Å². The van der Waals surface area contributed by atoms with E-state index in [-0.39, 0.29) is 11.6 Å². The van der Waals surface area contributed by atoms with E-state index >= 15 is 0 Å². The summed E-state index contributed by atoms with van der Waals surface area (Å²) < 4.78 is 13.7. The molecule has 0 saturated heterocycles. The summed E-state index contributed by atoms with van der Waals surface area (Å²) in [5, 5.41) is 5.75. The molecule has 0 aliphatic rings. The first-order chi connectivity index (χ1) is 10.0. The second-order valence-electron chi connectivity index (χ2n) is 5.19. The third-order valence-electron chi connectivity index (χ3n) is 3.71. The third-order valence-corrected chi connectivity index (χ3v) is 3.71. The van der Waals surface area contributed by atoms with Gasteiger partial charge in [-0.25, -0.2) is 4.39 Å². The SMILES string of the molecule is CCNc1c(F)cccc1C(=O)NCCN(C)C(C)CC. The lowest BCUT2D eigenvalue weighted by molar-refractivity contribution is 0.0948. The molecule has 1 aromatic carbocycles. The van der Waals surface area contributed by atoms with Crippen molar-refractivity contribution in [3.05, 3.63) is 29.6 Å². The van der Waals surface area contributed by atoms with Gasteiger partial charge in [-0.2, -0.15) is 0 Å². The zero-order valence-electron chi connectivity index (χ0n) is 13.4. The van der Waals surface area contributed by atoms with Crippen LogP contribution < -0.4 is 10.6 Å². The maximum Gasteiger partial charge on any atom is 0.253 e.